The molecule has 0 spiro atoms. The second-order valence-electron chi connectivity index (χ2n) is 5.11. The van der Waals surface area contributed by atoms with Crippen LogP contribution in [0.15, 0.2) is 36.4 Å². The van der Waals surface area contributed by atoms with Gasteiger partial charge in [-0.3, -0.25) is 4.79 Å². The van der Waals surface area contributed by atoms with Crippen molar-refractivity contribution in [1.29, 1.82) is 0 Å². The van der Waals surface area contributed by atoms with Crippen molar-refractivity contribution in [2.45, 2.75) is 25.3 Å². The van der Waals surface area contributed by atoms with Crippen LogP contribution < -0.4 is 10.6 Å². The van der Waals surface area contributed by atoms with Gasteiger partial charge in [0, 0.05) is 18.3 Å². The van der Waals surface area contributed by atoms with Crippen molar-refractivity contribution < 1.29 is 4.79 Å². The Morgan fingerprint density at radius 1 is 1.28 bits per heavy atom. The molecule has 0 saturated heterocycles. The molecular weight excluding hydrogens is 224 g/mol. The average molecular weight is 242 g/mol. The largest absolute Gasteiger partial charge is 0.324 e. The molecule has 2 atom stereocenters. The average Bonchev–Trinajstić information content (AvgIpc) is 2.84. The number of anilines is 1. The van der Waals surface area contributed by atoms with Crippen molar-refractivity contribution in [3.05, 3.63) is 42.0 Å². The van der Waals surface area contributed by atoms with Crippen LogP contribution in [0.4, 0.5) is 5.69 Å². The molecule has 1 aliphatic heterocycles. The van der Waals surface area contributed by atoms with Gasteiger partial charge in [0.15, 0.2) is 0 Å². The maximum atomic E-state index is 12.5. The predicted octanol–water partition coefficient (Wildman–Crippen LogP) is 1.87. The Labute approximate surface area is 107 Å². The molecule has 2 unspecified atom stereocenters. The maximum absolute atomic E-state index is 12.5. The van der Waals surface area contributed by atoms with Gasteiger partial charge in [-0.25, -0.2) is 0 Å². The van der Waals surface area contributed by atoms with E-state index in [4.69, 9.17) is 5.73 Å². The lowest BCUT2D eigenvalue weighted by Crippen LogP contribution is -2.39. The molecule has 1 amide bonds. The van der Waals surface area contributed by atoms with Crippen LogP contribution in [0.3, 0.4) is 0 Å². The summed E-state index contributed by atoms with van der Waals surface area (Å²) in [5.41, 5.74) is 8.20. The van der Waals surface area contributed by atoms with Crippen molar-refractivity contribution in [2.24, 2.45) is 11.7 Å². The summed E-state index contributed by atoms with van der Waals surface area (Å²) in [6.07, 6.45) is 6.77. The first-order chi connectivity index (χ1) is 8.75. The first-order valence-corrected chi connectivity index (χ1v) is 6.59. The van der Waals surface area contributed by atoms with Crippen molar-refractivity contribution in [3.8, 4) is 0 Å². The lowest BCUT2D eigenvalue weighted by Gasteiger charge is -2.31. The molecule has 2 N–H and O–H groups in total. The van der Waals surface area contributed by atoms with Crippen LogP contribution in [0.2, 0.25) is 0 Å². The zero-order chi connectivity index (χ0) is 12.5. The highest BCUT2D eigenvalue weighted by atomic mass is 16.2. The number of nitrogens with two attached hydrogens (primary N) is 1. The SMILES string of the molecule is NC1C=CC(C(=O)N2CCCc3ccccc32)C1. The van der Waals surface area contributed by atoms with Crippen LogP contribution in [-0.2, 0) is 11.2 Å². The Morgan fingerprint density at radius 3 is 2.89 bits per heavy atom. The third-order valence-corrected chi connectivity index (χ3v) is 3.81. The topological polar surface area (TPSA) is 46.3 Å². The second-order valence-corrected chi connectivity index (χ2v) is 5.11. The van der Waals surface area contributed by atoms with Gasteiger partial charge in [0.05, 0.1) is 5.92 Å². The summed E-state index contributed by atoms with van der Waals surface area (Å²) in [4.78, 5) is 14.5. The van der Waals surface area contributed by atoms with Crippen molar-refractivity contribution in [3.63, 3.8) is 0 Å². The highest BCUT2D eigenvalue weighted by molar-refractivity contribution is 5.97. The van der Waals surface area contributed by atoms with Crippen LogP contribution in [-0.4, -0.2) is 18.5 Å². The van der Waals surface area contributed by atoms with Gasteiger partial charge in [0.25, 0.3) is 0 Å². The molecule has 0 radical (unpaired) electrons. The minimum Gasteiger partial charge on any atom is -0.324 e. The number of hydrogen-bond acceptors (Lipinski definition) is 2. The summed E-state index contributed by atoms with van der Waals surface area (Å²) in [6.45, 7) is 0.829. The van der Waals surface area contributed by atoms with E-state index in [0.717, 1.165) is 31.5 Å². The normalized spacial score (nSPS) is 26.2. The van der Waals surface area contributed by atoms with Gasteiger partial charge >= 0.3 is 0 Å². The van der Waals surface area contributed by atoms with Gasteiger partial charge < -0.3 is 10.6 Å². The summed E-state index contributed by atoms with van der Waals surface area (Å²) in [6, 6.07) is 8.24. The summed E-state index contributed by atoms with van der Waals surface area (Å²) in [5.74, 6) is 0.164. The van der Waals surface area contributed by atoms with Crippen LogP contribution >= 0.6 is 0 Å². The predicted molar refractivity (Wildman–Crippen MR) is 72.3 cm³/mol. The van der Waals surface area contributed by atoms with Crippen LogP contribution in [0.1, 0.15) is 18.4 Å². The highest BCUT2D eigenvalue weighted by Gasteiger charge is 2.30. The molecule has 0 aromatic heterocycles. The molecule has 94 valence electrons. The van der Waals surface area contributed by atoms with Crippen molar-refractivity contribution in [1.82, 2.24) is 0 Å². The molecule has 3 nitrogen and oxygen atoms in total. The number of carbonyl (C=O) groups excluding carboxylic acids is 1. The van der Waals surface area contributed by atoms with E-state index in [-0.39, 0.29) is 17.9 Å². The Morgan fingerprint density at radius 2 is 2.11 bits per heavy atom. The fraction of sp³-hybridized carbons (Fsp3) is 0.400. The van der Waals surface area contributed by atoms with E-state index in [1.165, 1.54) is 5.56 Å². The van der Waals surface area contributed by atoms with Crippen molar-refractivity contribution >= 4 is 11.6 Å². The number of carbonyl (C=O) groups is 1. The first-order valence-electron chi connectivity index (χ1n) is 6.59. The second kappa shape index (κ2) is 4.58. The fourth-order valence-electron chi connectivity index (χ4n) is 2.87. The molecular formula is C15H18N2O. The lowest BCUT2D eigenvalue weighted by atomic mass is 9.99. The number of para-hydroxylation sites is 1. The Bertz CT molecular complexity index is 495. The van der Waals surface area contributed by atoms with Gasteiger partial charge in [-0.15, -0.1) is 0 Å². The van der Waals surface area contributed by atoms with Gasteiger partial charge in [0.2, 0.25) is 5.91 Å². The third-order valence-electron chi connectivity index (χ3n) is 3.81. The molecule has 2 aliphatic rings. The van der Waals surface area contributed by atoms with Crippen LogP contribution in [0.25, 0.3) is 0 Å². The number of benzene rings is 1. The lowest BCUT2D eigenvalue weighted by molar-refractivity contribution is -0.121. The smallest absolute Gasteiger partial charge is 0.233 e. The van der Waals surface area contributed by atoms with Gasteiger partial charge in [-0.2, -0.15) is 0 Å². The minimum absolute atomic E-state index is 0.0360. The van der Waals surface area contributed by atoms with E-state index < -0.39 is 0 Å². The number of fused-ring (bicyclic) bond motifs is 1. The van der Waals surface area contributed by atoms with Gasteiger partial charge in [-0.1, -0.05) is 30.4 Å². The number of hydrogen-bond donors (Lipinski definition) is 1. The molecule has 1 aliphatic carbocycles. The van der Waals surface area contributed by atoms with Crippen LogP contribution in [0, 0.1) is 5.92 Å². The van der Waals surface area contributed by atoms with E-state index in [9.17, 15) is 4.79 Å². The zero-order valence-electron chi connectivity index (χ0n) is 10.4. The monoisotopic (exact) mass is 242 g/mol. The van der Waals surface area contributed by atoms with E-state index in [1.54, 1.807) is 0 Å². The van der Waals surface area contributed by atoms with Gasteiger partial charge in [0.1, 0.15) is 0 Å². The Kier molecular flexibility index (Phi) is 2.92. The summed E-state index contributed by atoms with van der Waals surface area (Å²) in [5, 5.41) is 0. The fourth-order valence-corrected chi connectivity index (χ4v) is 2.87. The third kappa shape index (κ3) is 1.95. The number of nitrogens with zero attached hydrogens (tertiary/aromatic N) is 1. The summed E-state index contributed by atoms with van der Waals surface area (Å²) >= 11 is 0. The molecule has 1 aromatic carbocycles. The van der Waals surface area contributed by atoms with E-state index >= 15 is 0 Å². The Hall–Kier alpha value is -1.61. The molecule has 3 heteroatoms. The van der Waals surface area contributed by atoms with Gasteiger partial charge in [-0.05, 0) is 30.9 Å². The standard InChI is InChI=1S/C15H18N2O/c16-13-8-7-12(10-13)15(18)17-9-3-5-11-4-1-2-6-14(11)17/h1-2,4,6-8,12-13H,3,5,9-10,16H2. The maximum Gasteiger partial charge on any atom is 0.233 e. The van der Waals surface area contributed by atoms with Crippen molar-refractivity contribution in [2.75, 3.05) is 11.4 Å². The molecule has 0 saturated carbocycles. The molecule has 3 rings (SSSR count). The summed E-state index contributed by atoms with van der Waals surface area (Å²) < 4.78 is 0. The molecule has 1 heterocycles. The molecule has 18 heavy (non-hydrogen) atoms. The zero-order valence-corrected chi connectivity index (χ0v) is 10.4. The quantitative estimate of drug-likeness (QED) is 0.764. The van der Waals surface area contributed by atoms with E-state index in [2.05, 4.69) is 6.07 Å². The summed E-state index contributed by atoms with van der Waals surface area (Å²) in [7, 11) is 0. The van der Waals surface area contributed by atoms with E-state index in [0.29, 0.717) is 0 Å². The Balaban J connectivity index is 1.86. The molecule has 0 bridgehead atoms. The molecule has 1 aromatic rings. The van der Waals surface area contributed by atoms with Crippen LogP contribution in [0.5, 0.6) is 0 Å². The number of amides is 1. The molecule has 0 fully saturated rings. The highest BCUT2D eigenvalue weighted by Crippen LogP contribution is 2.30. The number of rotatable bonds is 1. The van der Waals surface area contributed by atoms with E-state index in [1.807, 2.05) is 35.3 Å². The number of aryl methyl sites for hydroxylation is 1. The minimum atomic E-state index is -0.0360. The first kappa shape index (κ1) is 11.5.